The van der Waals surface area contributed by atoms with Gasteiger partial charge in [-0.05, 0) is 24.7 Å². The van der Waals surface area contributed by atoms with Crippen LogP contribution in [-0.2, 0) is 4.79 Å². The molecule has 0 saturated heterocycles. The van der Waals surface area contributed by atoms with E-state index in [4.69, 9.17) is 0 Å². The first-order valence-corrected chi connectivity index (χ1v) is 5.85. The number of nitrogens with zero attached hydrogens (tertiary/aromatic N) is 1. The fraction of sp³-hybridized carbons (Fsp3) is 0.769. The summed E-state index contributed by atoms with van der Waals surface area (Å²) in [7, 11) is 1.97. The van der Waals surface area contributed by atoms with Gasteiger partial charge in [-0.2, -0.15) is 0 Å². The predicted octanol–water partition coefficient (Wildman–Crippen LogP) is 2.46. The topological polar surface area (TPSA) is 20.3 Å². The van der Waals surface area contributed by atoms with Crippen LogP contribution < -0.4 is 0 Å². The Balaban J connectivity index is 2.06. The smallest absolute Gasteiger partial charge is 0.227 e. The molecule has 2 aliphatic carbocycles. The van der Waals surface area contributed by atoms with Gasteiger partial charge in [-0.1, -0.05) is 32.9 Å². The van der Waals surface area contributed by atoms with Crippen molar-refractivity contribution in [3.8, 4) is 0 Å². The molecule has 0 N–H and O–H groups in total. The lowest BCUT2D eigenvalue weighted by atomic mass is 9.92. The van der Waals surface area contributed by atoms with E-state index in [-0.39, 0.29) is 11.3 Å². The van der Waals surface area contributed by atoms with E-state index < -0.39 is 0 Å². The van der Waals surface area contributed by atoms with E-state index in [1.54, 1.807) is 0 Å². The van der Waals surface area contributed by atoms with Gasteiger partial charge in [0, 0.05) is 18.5 Å². The fourth-order valence-electron chi connectivity index (χ4n) is 2.88. The number of carbonyl (C=O) groups is 1. The highest BCUT2D eigenvalue weighted by molar-refractivity contribution is 5.81. The highest BCUT2D eigenvalue weighted by Crippen LogP contribution is 2.42. The van der Waals surface area contributed by atoms with Crippen LogP contribution in [0.4, 0.5) is 0 Å². The second-order valence-corrected chi connectivity index (χ2v) is 6.01. The van der Waals surface area contributed by atoms with Crippen molar-refractivity contribution in [2.24, 2.45) is 17.3 Å². The Morgan fingerprint density at radius 3 is 2.33 bits per heavy atom. The molecule has 2 nitrogen and oxygen atoms in total. The van der Waals surface area contributed by atoms with Crippen molar-refractivity contribution >= 4 is 5.91 Å². The number of rotatable bonds is 1. The van der Waals surface area contributed by atoms with Crippen molar-refractivity contribution in [1.29, 1.82) is 0 Å². The summed E-state index contributed by atoms with van der Waals surface area (Å²) in [6, 6.07) is 0.451. The SMILES string of the molecule is CN(C(=O)C(C)(C)C)[C@@H]1C[C@H]2C=C[C@@H]1C2. The summed E-state index contributed by atoms with van der Waals surface area (Å²) >= 11 is 0. The molecule has 0 aromatic heterocycles. The zero-order valence-corrected chi connectivity index (χ0v) is 10.2. The fourth-order valence-corrected chi connectivity index (χ4v) is 2.88. The van der Waals surface area contributed by atoms with Crippen molar-refractivity contribution in [2.45, 2.75) is 39.7 Å². The Kier molecular flexibility index (Phi) is 2.40. The monoisotopic (exact) mass is 207 g/mol. The molecule has 2 rings (SSSR count). The largest absolute Gasteiger partial charge is 0.342 e. The summed E-state index contributed by atoms with van der Waals surface area (Å²) in [6.45, 7) is 5.98. The minimum Gasteiger partial charge on any atom is -0.342 e. The first-order valence-electron chi connectivity index (χ1n) is 5.85. The van der Waals surface area contributed by atoms with Gasteiger partial charge >= 0.3 is 0 Å². The number of hydrogen-bond donors (Lipinski definition) is 0. The molecular weight excluding hydrogens is 186 g/mol. The van der Waals surface area contributed by atoms with Crippen LogP contribution in [0.2, 0.25) is 0 Å². The normalized spacial score (nSPS) is 33.5. The van der Waals surface area contributed by atoms with Crippen LogP contribution in [0.15, 0.2) is 12.2 Å². The predicted molar refractivity (Wildman–Crippen MR) is 61.4 cm³/mol. The van der Waals surface area contributed by atoms with Crippen molar-refractivity contribution in [1.82, 2.24) is 4.90 Å². The average molecular weight is 207 g/mol. The molecule has 3 atom stereocenters. The van der Waals surface area contributed by atoms with Gasteiger partial charge in [0.2, 0.25) is 5.91 Å². The zero-order valence-electron chi connectivity index (χ0n) is 10.2. The maximum Gasteiger partial charge on any atom is 0.227 e. The third-order valence-corrected chi connectivity index (χ3v) is 3.70. The van der Waals surface area contributed by atoms with Crippen molar-refractivity contribution in [3.05, 3.63) is 12.2 Å². The molecule has 2 aliphatic rings. The molecule has 0 aromatic carbocycles. The highest BCUT2D eigenvalue weighted by atomic mass is 16.2. The molecule has 0 aromatic rings. The Morgan fingerprint density at radius 2 is 1.93 bits per heavy atom. The van der Waals surface area contributed by atoms with Crippen LogP contribution in [0.25, 0.3) is 0 Å². The summed E-state index contributed by atoms with van der Waals surface area (Å²) in [5.74, 6) is 1.62. The first kappa shape index (κ1) is 10.7. The van der Waals surface area contributed by atoms with Gasteiger partial charge in [-0.3, -0.25) is 4.79 Å². The van der Waals surface area contributed by atoms with E-state index >= 15 is 0 Å². The van der Waals surface area contributed by atoms with E-state index in [9.17, 15) is 4.79 Å². The second-order valence-electron chi connectivity index (χ2n) is 6.01. The molecule has 1 saturated carbocycles. The van der Waals surface area contributed by atoms with E-state index in [0.717, 1.165) is 5.92 Å². The molecule has 2 heteroatoms. The van der Waals surface area contributed by atoms with Gasteiger partial charge in [0.05, 0.1) is 0 Å². The summed E-state index contributed by atoms with van der Waals surface area (Å²) < 4.78 is 0. The van der Waals surface area contributed by atoms with Gasteiger partial charge < -0.3 is 4.90 Å². The Morgan fingerprint density at radius 1 is 1.27 bits per heavy atom. The number of amides is 1. The van der Waals surface area contributed by atoms with Crippen LogP contribution in [0.5, 0.6) is 0 Å². The van der Waals surface area contributed by atoms with Crippen LogP contribution >= 0.6 is 0 Å². The highest BCUT2D eigenvalue weighted by Gasteiger charge is 2.41. The molecule has 2 bridgehead atoms. The van der Waals surface area contributed by atoms with Crippen molar-refractivity contribution in [3.63, 3.8) is 0 Å². The number of fused-ring (bicyclic) bond motifs is 2. The minimum absolute atomic E-state index is 0.250. The summed E-state index contributed by atoms with van der Waals surface area (Å²) in [5.41, 5.74) is -0.250. The van der Waals surface area contributed by atoms with Crippen LogP contribution in [-0.4, -0.2) is 23.9 Å². The molecule has 1 amide bonds. The Labute approximate surface area is 92.3 Å². The summed E-state index contributed by atoms with van der Waals surface area (Å²) in [6.07, 6.45) is 7.04. The molecule has 0 aliphatic heterocycles. The number of hydrogen-bond acceptors (Lipinski definition) is 1. The molecule has 15 heavy (non-hydrogen) atoms. The maximum absolute atomic E-state index is 12.1. The van der Waals surface area contributed by atoms with Gasteiger partial charge in [0.25, 0.3) is 0 Å². The van der Waals surface area contributed by atoms with Crippen LogP contribution in [0.3, 0.4) is 0 Å². The van der Waals surface area contributed by atoms with Crippen molar-refractivity contribution in [2.75, 3.05) is 7.05 Å². The Hall–Kier alpha value is -0.790. The number of carbonyl (C=O) groups excluding carboxylic acids is 1. The first-order chi connectivity index (χ1) is 6.89. The van der Waals surface area contributed by atoms with Gasteiger partial charge in [0.1, 0.15) is 0 Å². The molecular formula is C13H21NO. The lowest BCUT2D eigenvalue weighted by Gasteiger charge is -2.34. The molecule has 84 valence electrons. The number of allylic oxidation sites excluding steroid dienone is 1. The van der Waals surface area contributed by atoms with Gasteiger partial charge in [-0.25, -0.2) is 0 Å². The van der Waals surface area contributed by atoms with E-state index in [0.29, 0.717) is 12.0 Å². The lowest BCUT2D eigenvalue weighted by Crippen LogP contribution is -2.44. The van der Waals surface area contributed by atoms with Gasteiger partial charge in [0.15, 0.2) is 0 Å². The third-order valence-electron chi connectivity index (χ3n) is 3.70. The summed E-state index contributed by atoms with van der Waals surface area (Å²) in [5, 5.41) is 0. The Bertz CT molecular complexity index is 300. The quantitative estimate of drug-likeness (QED) is 0.605. The molecule has 0 radical (unpaired) electrons. The van der Waals surface area contributed by atoms with E-state index in [1.165, 1.54) is 12.8 Å². The standard InChI is InChI=1S/C13H21NO/c1-13(2,3)12(15)14(4)11-8-9-5-6-10(11)7-9/h5-6,9-11H,7-8H2,1-4H3/t9-,10+,11+/m0/s1. The zero-order chi connectivity index (χ0) is 11.2. The molecule has 1 fully saturated rings. The van der Waals surface area contributed by atoms with E-state index in [2.05, 4.69) is 12.2 Å². The maximum atomic E-state index is 12.1. The van der Waals surface area contributed by atoms with Gasteiger partial charge in [-0.15, -0.1) is 0 Å². The second kappa shape index (κ2) is 3.36. The van der Waals surface area contributed by atoms with Crippen LogP contribution in [0.1, 0.15) is 33.6 Å². The molecule has 0 heterocycles. The van der Waals surface area contributed by atoms with E-state index in [1.807, 2.05) is 32.7 Å². The van der Waals surface area contributed by atoms with Crippen LogP contribution in [0, 0.1) is 17.3 Å². The lowest BCUT2D eigenvalue weighted by molar-refractivity contribution is -0.140. The average Bonchev–Trinajstić information content (AvgIpc) is 2.74. The molecule has 0 unspecified atom stereocenters. The minimum atomic E-state index is -0.250. The van der Waals surface area contributed by atoms with Crippen molar-refractivity contribution < 1.29 is 4.79 Å². The molecule has 0 spiro atoms. The summed E-state index contributed by atoms with van der Waals surface area (Å²) in [4.78, 5) is 14.1. The third kappa shape index (κ3) is 1.82.